The molecule has 0 amide bonds. The van der Waals surface area contributed by atoms with E-state index in [2.05, 4.69) is 16.4 Å². The molecule has 1 aliphatic heterocycles. The van der Waals surface area contributed by atoms with E-state index < -0.39 is 67.9 Å². The summed E-state index contributed by atoms with van der Waals surface area (Å²) in [6.45, 7) is 5.38. The summed E-state index contributed by atoms with van der Waals surface area (Å²) in [5.41, 5.74) is 0.0509. The number of ether oxygens (including phenoxy) is 4. The molecule has 4 atom stereocenters. The van der Waals surface area contributed by atoms with E-state index in [4.69, 9.17) is 18.9 Å². The van der Waals surface area contributed by atoms with Gasteiger partial charge in [0.25, 0.3) is 11.2 Å². The topological polar surface area (TPSA) is 143 Å². The van der Waals surface area contributed by atoms with Crippen molar-refractivity contribution in [1.82, 2.24) is 9.55 Å². The molecule has 11 nitrogen and oxygen atoms in total. The van der Waals surface area contributed by atoms with Crippen molar-refractivity contribution in [3.8, 4) is 11.5 Å². The van der Waals surface area contributed by atoms with E-state index in [0.717, 1.165) is 10.6 Å². The van der Waals surface area contributed by atoms with Gasteiger partial charge < -0.3 is 18.9 Å². The van der Waals surface area contributed by atoms with Crippen LogP contribution in [0.2, 0.25) is 19.6 Å². The second-order valence-corrected chi connectivity index (χ2v) is 16.5. The van der Waals surface area contributed by atoms with Gasteiger partial charge in [0.15, 0.2) is 12.3 Å². The van der Waals surface area contributed by atoms with Crippen molar-refractivity contribution in [1.29, 1.82) is 0 Å². The van der Waals surface area contributed by atoms with Crippen LogP contribution in [0.15, 0.2) is 113 Å². The van der Waals surface area contributed by atoms with Gasteiger partial charge in [-0.25, -0.2) is 19.2 Å². The summed E-state index contributed by atoms with van der Waals surface area (Å²) in [6, 6.07) is 25.5. The zero-order valence-electron chi connectivity index (χ0n) is 25.9. The highest BCUT2D eigenvalue weighted by atomic mass is 28.3. The van der Waals surface area contributed by atoms with Crippen molar-refractivity contribution in [2.45, 2.75) is 43.7 Å². The minimum Gasteiger partial charge on any atom is -0.459 e. The molecule has 47 heavy (non-hydrogen) atoms. The Morgan fingerprint density at radius 3 is 1.87 bits per heavy atom. The van der Waals surface area contributed by atoms with Gasteiger partial charge >= 0.3 is 23.6 Å². The molecule has 0 radical (unpaired) electrons. The van der Waals surface area contributed by atoms with E-state index in [1.54, 1.807) is 66.7 Å². The number of nitrogens with one attached hydrogen (secondary N) is 1. The lowest BCUT2D eigenvalue weighted by molar-refractivity contribution is -0.0897. The van der Waals surface area contributed by atoms with Crippen LogP contribution in [0.4, 0.5) is 0 Å². The van der Waals surface area contributed by atoms with Gasteiger partial charge in [0, 0.05) is 12.3 Å². The number of nitrogens with zero attached hydrogens (tertiary/aromatic N) is 1. The molecule has 1 fully saturated rings. The lowest BCUT2D eigenvalue weighted by atomic mass is 9.93. The van der Waals surface area contributed by atoms with Crippen LogP contribution in [0.5, 0.6) is 0 Å². The van der Waals surface area contributed by atoms with Gasteiger partial charge in [-0.15, -0.1) is 5.54 Å². The first-order valence-electron chi connectivity index (χ1n) is 14.7. The van der Waals surface area contributed by atoms with Crippen LogP contribution in [-0.4, -0.2) is 59.9 Å². The molecule has 3 aromatic carbocycles. The molecule has 5 rings (SSSR count). The van der Waals surface area contributed by atoms with Crippen LogP contribution in [0.3, 0.4) is 0 Å². The Kier molecular flexibility index (Phi) is 9.69. The first kappa shape index (κ1) is 32.9. The Bertz CT molecular complexity index is 1930. The van der Waals surface area contributed by atoms with Gasteiger partial charge in [0.1, 0.15) is 20.8 Å². The Morgan fingerprint density at radius 1 is 0.809 bits per heavy atom. The van der Waals surface area contributed by atoms with E-state index in [1.807, 2.05) is 19.6 Å². The van der Waals surface area contributed by atoms with Crippen LogP contribution in [0.1, 0.15) is 37.3 Å². The predicted molar refractivity (Wildman–Crippen MR) is 173 cm³/mol. The SMILES string of the molecule is C[Si](C)(C)C#C[C@@]1(OC(=O)c2ccccc2)[C@H](OC(=O)c2ccccc2)[C@@H](COC(=O)c2ccccc2)O[C@H]1n1ccc(=O)[nH]c1=O. The zero-order chi connectivity index (χ0) is 33.6. The Hall–Kier alpha value is -5.51. The van der Waals surface area contributed by atoms with Crippen molar-refractivity contribution in [3.05, 3.63) is 141 Å². The van der Waals surface area contributed by atoms with E-state index in [1.165, 1.54) is 30.5 Å². The lowest BCUT2D eigenvalue weighted by Crippen LogP contribution is -2.53. The van der Waals surface area contributed by atoms with E-state index in [-0.39, 0.29) is 16.7 Å². The van der Waals surface area contributed by atoms with Crippen LogP contribution < -0.4 is 11.2 Å². The fourth-order valence-electron chi connectivity index (χ4n) is 4.84. The minimum atomic E-state index is -2.27. The van der Waals surface area contributed by atoms with Gasteiger partial charge in [-0.3, -0.25) is 14.3 Å². The summed E-state index contributed by atoms with van der Waals surface area (Å²) in [6.07, 6.45) is -3.21. The molecule has 4 aromatic rings. The quantitative estimate of drug-likeness (QED) is 0.129. The first-order valence-corrected chi connectivity index (χ1v) is 18.2. The molecule has 1 aromatic heterocycles. The number of benzene rings is 3. The number of hydrogen-bond donors (Lipinski definition) is 1. The molecule has 240 valence electrons. The molecule has 12 heteroatoms. The van der Waals surface area contributed by atoms with Crippen LogP contribution in [-0.2, 0) is 18.9 Å². The standard InChI is InChI=1S/C35H32N2O9Si/c1-47(2,3)22-20-35(46-32(41)26-17-11-6-12-18-26)29(45-31(40)25-15-9-5-10-16-25)27(23-43-30(39)24-13-7-4-8-14-24)44-33(35)37-21-19-28(38)36-34(37)42/h4-19,21,27,29,33H,23H2,1-3H3,(H,36,38,42)/t27-,29-,33-,35-/m1/s1. The minimum absolute atomic E-state index is 0.154. The number of aromatic nitrogens is 2. The van der Waals surface area contributed by atoms with Gasteiger partial charge in [-0.05, 0) is 36.4 Å². The summed E-state index contributed by atoms with van der Waals surface area (Å²) in [5.74, 6) is 0.723. The number of rotatable bonds is 8. The number of esters is 3. The smallest absolute Gasteiger partial charge is 0.339 e. The van der Waals surface area contributed by atoms with Gasteiger partial charge in [-0.1, -0.05) is 80.2 Å². The number of H-pyrrole nitrogens is 1. The fourth-order valence-corrected chi connectivity index (χ4v) is 5.41. The van der Waals surface area contributed by atoms with Crippen molar-refractivity contribution < 1.29 is 33.3 Å². The normalized spacial score (nSPS) is 20.4. The third-order valence-corrected chi connectivity index (χ3v) is 7.95. The molecule has 0 bridgehead atoms. The maximum Gasteiger partial charge on any atom is 0.339 e. The van der Waals surface area contributed by atoms with Gasteiger partial charge in [0.05, 0.1) is 16.7 Å². The molecule has 1 aliphatic rings. The second-order valence-electron chi connectivity index (χ2n) is 11.7. The van der Waals surface area contributed by atoms with Crippen molar-refractivity contribution in [3.63, 3.8) is 0 Å². The number of carbonyl (C=O) groups excluding carboxylic acids is 3. The van der Waals surface area contributed by atoms with E-state index >= 15 is 0 Å². The van der Waals surface area contributed by atoms with Crippen molar-refractivity contribution >= 4 is 26.0 Å². The highest BCUT2D eigenvalue weighted by Gasteiger charge is 2.63. The maximum atomic E-state index is 13.8. The monoisotopic (exact) mass is 652 g/mol. The third-order valence-electron chi connectivity index (χ3n) is 7.07. The van der Waals surface area contributed by atoms with Crippen LogP contribution >= 0.6 is 0 Å². The summed E-state index contributed by atoms with van der Waals surface area (Å²) in [7, 11) is -2.27. The van der Waals surface area contributed by atoms with E-state index in [9.17, 15) is 24.0 Å². The summed E-state index contributed by atoms with van der Waals surface area (Å²) in [4.78, 5) is 67.9. The van der Waals surface area contributed by atoms with Gasteiger partial charge in [-0.2, -0.15) is 0 Å². The molecule has 0 saturated carbocycles. The zero-order valence-corrected chi connectivity index (χ0v) is 26.9. The predicted octanol–water partition coefficient (Wildman–Crippen LogP) is 3.99. The molecule has 0 spiro atoms. The Balaban J connectivity index is 1.68. The molecule has 1 saturated heterocycles. The van der Waals surface area contributed by atoms with Crippen LogP contribution in [0, 0.1) is 11.5 Å². The first-order chi connectivity index (χ1) is 22.5. The highest BCUT2D eigenvalue weighted by Crippen LogP contribution is 2.43. The second kappa shape index (κ2) is 13.9. The average molecular weight is 653 g/mol. The third kappa shape index (κ3) is 7.66. The number of aromatic amines is 1. The van der Waals surface area contributed by atoms with Gasteiger partial charge in [0.2, 0.25) is 0 Å². The van der Waals surface area contributed by atoms with E-state index in [0.29, 0.717) is 0 Å². The fraction of sp³-hybridized carbons (Fsp3) is 0.229. The maximum absolute atomic E-state index is 13.8. The molecule has 1 N–H and O–H groups in total. The average Bonchev–Trinajstić information content (AvgIpc) is 3.35. The Morgan fingerprint density at radius 2 is 1.34 bits per heavy atom. The summed E-state index contributed by atoms with van der Waals surface area (Å²) >= 11 is 0. The number of carbonyl (C=O) groups is 3. The molecular weight excluding hydrogens is 620 g/mol. The highest BCUT2D eigenvalue weighted by molar-refractivity contribution is 6.83. The molecule has 0 unspecified atom stereocenters. The summed E-state index contributed by atoms with van der Waals surface area (Å²) in [5, 5.41) is 0. The lowest BCUT2D eigenvalue weighted by Gasteiger charge is -2.34. The largest absolute Gasteiger partial charge is 0.459 e. The molecule has 0 aliphatic carbocycles. The molecular formula is C35H32N2O9Si. The van der Waals surface area contributed by atoms with Crippen molar-refractivity contribution in [2.24, 2.45) is 0 Å². The summed E-state index contributed by atoms with van der Waals surface area (Å²) < 4.78 is 25.2. The van der Waals surface area contributed by atoms with Crippen molar-refractivity contribution in [2.75, 3.05) is 6.61 Å². The Labute approximate surface area is 271 Å². The van der Waals surface area contributed by atoms with Crippen LogP contribution in [0.25, 0.3) is 0 Å². The molecule has 2 heterocycles. The number of hydrogen-bond acceptors (Lipinski definition) is 9.